The summed E-state index contributed by atoms with van der Waals surface area (Å²) in [6, 6.07) is 29.5. The highest BCUT2D eigenvalue weighted by atomic mass is 127. The van der Waals surface area contributed by atoms with E-state index >= 15 is 0 Å². The van der Waals surface area contributed by atoms with Gasteiger partial charge in [-0.3, -0.25) is 0 Å². The number of nitrogens with zero attached hydrogens (tertiary/aromatic N) is 3. The number of halogens is 2. The van der Waals surface area contributed by atoms with Gasteiger partial charge in [0.1, 0.15) is 18.6 Å². The highest BCUT2D eigenvalue weighted by Gasteiger charge is 2.17. The second kappa shape index (κ2) is 13.7. The number of hydrogen-bond donors (Lipinski definition) is 0. The molecular weight excluding hydrogens is 588 g/mol. The Kier molecular flexibility index (Phi) is 10.4. The van der Waals surface area contributed by atoms with E-state index in [9.17, 15) is 4.39 Å². The van der Waals surface area contributed by atoms with E-state index in [-0.39, 0.29) is 29.8 Å². The maximum atomic E-state index is 13.6. The van der Waals surface area contributed by atoms with Crippen molar-refractivity contribution in [3.8, 4) is 34.2 Å². The second-order valence-electron chi connectivity index (χ2n) is 8.96. The lowest BCUT2D eigenvalue weighted by atomic mass is 10.0. The Bertz CT molecular complexity index is 1410. The number of pyridine rings is 1. The number of nitriles is 1. The van der Waals surface area contributed by atoms with Gasteiger partial charge < -0.3 is 33.6 Å². The van der Waals surface area contributed by atoms with Gasteiger partial charge in [0.05, 0.1) is 13.2 Å². The van der Waals surface area contributed by atoms with Crippen LogP contribution in [0, 0.1) is 17.1 Å². The average molecular weight is 620 g/mol. The van der Waals surface area contributed by atoms with Crippen LogP contribution in [0.4, 0.5) is 10.1 Å². The van der Waals surface area contributed by atoms with Crippen LogP contribution < -0.4 is 38.2 Å². The normalized spacial score (nSPS) is 10.6. The molecular formula is C32H31FIN3O. The van der Waals surface area contributed by atoms with Crippen LogP contribution in [0.2, 0.25) is 0 Å². The van der Waals surface area contributed by atoms with E-state index in [4.69, 9.17) is 10.00 Å². The lowest BCUT2D eigenvalue weighted by Crippen LogP contribution is -3.00. The fourth-order valence-corrected chi connectivity index (χ4v) is 4.23. The fourth-order valence-electron chi connectivity index (χ4n) is 4.23. The van der Waals surface area contributed by atoms with Crippen molar-refractivity contribution in [1.82, 2.24) is 0 Å². The maximum Gasteiger partial charge on any atom is 0.213 e. The average Bonchev–Trinajstić information content (AvgIpc) is 2.93. The van der Waals surface area contributed by atoms with Gasteiger partial charge in [0, 0.05) is 49.5 Å². The predicted octanol–water partition coefficient (Wildman–Crippen LogP) is 3.91. The molecule has 0 saturated heterocycles. The largest absolute Gasteiger partial charge is 1.00 e. The first-order chi connectivity index (χ1) is 18.0. The first-order valence-electron chi connectivity index (χ1n) is 12.3. The van der Waals surface area contributed by atoms with E-state index < -0.39 is 0 Å². The topological polar surface area (TPSA) is 40.1 Å². The van der Waals surface area contributed by atoms with E-state index in [1.54, 1.807) is 7.11 Å². The lowest BCUT2D eigenvalue weighted by molar-refractivity contribution is -0.662. The van der Waals surface area contributed by atoms with Gasteiger partial charge in [-0.05, 0) is 77.7 Å². The molecule has 0 aliphatic heterocycles. The molecule has 4 rings (SSSR count). The predicted molar refractivity (Wildman–Crippen MR) is 148 cm³/mol. The van der Waals surface area contributed by atoms with Crippen molar-refractivity contribution in [2.24, 2.45) is 7.05 Å². The van der Waals surface area contributed by atoms with Crippen LogP contribution in [0.3, 0.4) is 0 Å². The smallest absolute Gasteiger partial charge is 0.213 e. The van der Waals surface area contributed by atoms with Crippen molar-refractivity contribution in [1.29, 1.82) is 5.26 Å². The molecule has 4 nitrogen and oxygen atoms in total. The van der Waals surface area contributed by atoms with Crippen molar-refractivity contribution in [3.63, 3.8) is 0 Å². The number of aromatic nitrogens is 1. The van der Waals surface area contributed by atoms with Gasteiger partial charge in [0.2, 0.25) is 11.4 Å². The van der Waals surface area contributed by atoms with E-state index in [0.29, 0.717) is 6.42 Å². The van der Waals surface area contributed by atoms with Crippen molar-refractivity contribution in [3.05, 3.63) is 102 Å². The summed E-state index contributed by atoms with van der Waals surface area (Å²) < 4.78 is 21.1. The Hall–Kier alpha value is -3.70. The molecule has 0 bridgehead atoms. The zero-order valence-electron chi connectivity index (χ0n) is 21.9. The Morgan fingerprint density at radius 1 is 0.895 bits per heavy atom. The zero-order valence-corrected chi connectivity index (χ0v) is 24.0. The molecule has 0 amide bonds. The lowest BCUT2D eigenvalue weighted by Gasteiger charge is -2.18. The molecule has 0 spiro atoms. The Labute approximate surface area is 241 Å². The summed E-state index contributed by atoms with van der Waals surface area (Å²) in [6.45, 7) is 0.850. The van der Waals surface area contributed by atoms with Crippen molar-refractivity contribution >= 4 is 17.8 Å². The first kappa shape index (κ1) is 28.9. The molecule has 0 atom stereocenters. The van der Waals surface area contributed by atoms with Crippen LogP contribution in [0.15, 0.2) is 84.9 Å². The summed E-state index contributed by atoms with van der Waals surface area (Å²) in [6.07, 6.45) is 5.62. The SMILES string of the molecule is COc1ccc(-c2cc(C=Cc3ccc(N(C)CCCC#N)cc3)[n+](C)c(-c3ccc(F)cc3)c2)cc1.[I-]. The zero-order chi connectivity index (χ0) is 26.2. The molecule has 194 valence electrons. The van der Waals surface area contributed by atoms with Gasteiger partial charge in [-0.1, -0.05) is 24.3 Å². The molecule has 0 N–H and O–H groups in total. The van der Waals surface area contributed by atoms with Crippen LogP contribution in [-0.4, -0.2) is 20.7 Å². The van der Waals surface area contributed by atoms with E-state index in [1.165, 1.54) is 12.1 Å². The van der Waals surface area contributed by atoms with Crippen LogP contribution in [0.5, 0.6) is 5.75 Å². The standard InChI is InChI=1S/C32H31FN3O.HI/c1-35(21-5-4-20-34)29-15-6-24(7-16-29)8-17-30-22-27(25-11-18-31(37-3)19-12-25)23-32(36(30)2)26-9-13-28(33)14-10-26;/h6-19,22-23H,4-5,21H2,1-3H3;1H/q+1;/p-1. The Morgan fingerprint density at radius 3 is 2.18 bits per heavy atom. The minimum Gasteiger partial charge on any atom is -1.00 e. The minimum atomic E-state index is -0.253. The quantitative estimate of drug-likeness (QED) is 0.162. The number of ether oxygens (including phenoxy) is 1. The summed E-state index contributed by atoms with van der Waals surface area (Å²) in [4.78, 5) is 2.16. The first-order valence-corrected chi connectivity index (χ1v) is 12.3. The number of anilines is 1. The molecule has 1 aromatic heterocycles. The fraction of sp³-hybridized carbons (Fsp3) is 0.188. The van der Waals surface area contributed by atoms with Gasteiger partial charge in [-0.25, -0.2) is 4.39 Å². The number of benzene rings is 3. The molecule has 0 radical (unpaired) electrons. The van der Waals surface area contributed by atoms with Gasteiger partial charge in [-0.2, -0.15) is 9.83 Å². The molecule has 0 aliphatic carbocycles. The molecule has 4 aromatic rings. The number of unbranched alkanes of at least 4 members (excludes halogenated alkanes) is 1. The molecule has 6 heteroatoms. The monoisotopic (exact) mass is 619 g/mol. The van der Waals surface area contributed by atoms with Gasteiger partial charge >= 0.3 is 0 Å². The van der Waals surface area contributed by atoms with Crippen LogP contribution in [0.25, 0.3) is 34.5 Å². The number of methoxy groups -OCH3 is 1. The van der Waals surface area contributed by atoms with Crippen molar-refractivity contribution < 1.29 is 37.7 Å². The van der Waals surface area contributed by atoms with E-state index in [0.717, 1.165) is 58.0 Å². The van der Waals surface area contributed by atoms with Crippen molar-refractivity contribution in [2.75, 3.05) is 25.6 Å². The summed E-state index contributed by atoms with van der Waals surface area (Å²) in [5.41, 5.74) is 7.30. The summed E-state index contributed by atoms with van der Waals surface area (Å²) in [7, 11) is 5.73. The molecule has 3 aromatic carbocycles. The van der Waals surface area contributed by atoms with Crippen molar-refractivity contribution in [2.45, 2.75) is 12.8 Å². The van der Waals surface area contributed by atoms with Gasteiger partial charge in [-0.15, -0.1) is 0 Å². The molecule has 0 unspecified atom stereocenters. The number of rotatable bonds is 9. The van der Waals surface area contributed by atoms with Gasteiger partial charge in [0.25, 0.3) is 0 Å². The molecule has 38 heavy (non-hydrogen) atoms. The van der Waals surface area contributed by atoms with Gasteiger partial charge in [0.15, 0.2) is 0 Å². The highest BCUT2D eigenvalue weighted by molar-refractivity contribution is 5.74. The van der Waals surface area contributed by atoms with E-state index in [2.05, 4.69) is 64.1 Å². The highest BCUT2D eigenvalue weighted by Crippen LogP contribution is 2.27. The molecule has 0 saturated carbocycles. The van der Waals surface area contributed by atoms with Crippen LogP contribution in [-0.2, 0) is 7.05 Å². The summed E-state index contributed by atoms with van der Waals surface area (Å²) in [5, 5.41) is 8.76. The summed E-state index contributed by atoms with van der Waals surface area (Å²) >= 11 is 0. The third-order valence-corrected chi connectivity index (χ3v) is 6.47. The van der Waals surface area contributed by atoms with Crippen LogP contribution >= 0.6 is 0 Å². The molecule has 1 heterocycles. The molecule has 0 fully saturated rings. The summed E-state index contributed by atoms with van der Waals surface area (Å²) in [5.74, 6) is 0.556. The van der Waals surface area contributed by atoms with Crippen LogP contribution in [0.1, 0.15) is 24.1 Å². The van der Waals surface area contributed by atoms with E-state index in [1.807, 2.05) is 50.5 Å². The minimum absolute atomic E-state index is 0. The third kappa shape index (κ3) is 7.20. The maximum absolute atomic E-state index is 13.6. The number of hydrogen-bond acceptors (Lipinski definition) is 3. The second-order valence-corrected chi connectivity index (χ2v) is 8.96. The Balaban J connectivity index is 0.00000400. The Morgan fingerprint density at radius 2 is 1.55 bits per heavy atom. The molecule has 0 aliphatic rings. The third-order valence-electron chi connectivity index (χ3n) is 6.47.